The molecule has 4 heteroatoms. The van der Waals surface area contributed by atoms with Crippen molar-refractivity contribution in [1.29, 1.82) is 0 Å². The van der Waals surface area contributed by atoms with Gasteiger partial charge in [0.15, 0.2) is 0 Å². The molecule has 0 aromatic carbocycles. The van der Waals surface area contributed by atoms with Gasteiger partial charge in [0, 0.05) is 26.4 Å². The average Bonchev–Trinajstić information content (AvgIpc) is 2.97. The maximum Gasteiger partial charge on any atom is 0.340 e. The summed E-state index contributed by atoms with van der Waals surface area (Å²) in [5.41, 5.74) is 0.719. The lowest BCUT2D eigenvalue weighted by molar-refractivity contribution is 0.226. The van der Waals surface area contributed by atoms with Crippen molar-refractivity contribution in [3.63, 3.8) is 0 Å². The van der Waals surface area contributed by atoms with Gasteiger partial charge in [-0.25, -0.2) is 0 Å². The van der Waals surface area contributed by atoms with E-state index in [4.69, 9.17) is 14.0 Å². The van der Waals surface area contributed by atoms with Crippen molar-refractivity contribution in [2.45, 2.75) is 75.8 Å². The second kappa shape index (κ2) is 9.92. The molecule has 1 saturated carbocycles. The first-order chi connectivity index (χ1) is 9.29. The zero-order valence-corrected chi connectivity index (χ0v) is 13.8. The summed E-state index contributed by atoms with van der Waals surface area (Å²) >= 11 is 0. The van der Waals surface area contributed by atoms with Crippen molar-refractivity contribution < 1.29 is 14.0 Å². The van der Waals surface area contributed by atoms with E-state index in [9.17, 15) is 0 Å². The number of hydrogen-bond acceptors (Lipinski definition) is 3. The molecule has 0 radical (unpaired) electrons. The summed E-state index contributed by atoms with van der Waals surface area (Å²) in [6.45, 7) is 0.338. The third kappa shape index (κ3) is 5.54. The first-order valence-electron chi connectivity index (χ1n) is 8.00. The van der Waals surface area contributed by atoms with Gasteiger partial charge in [0.05, 0.1) is 0 Å². The Morgan fingerprint density at radius 2 is 1.42 bits per heavy atom. The molecule has 0 bridgehead atoms. The van der Waals surface area contributed by atoms with Crippen LogP contribution in [0.1, 0.15) is 64.2 Å². The third-order valence-corrected chi connectivity index (χ3v) is 8.86. The summed E-state index contributed by atoms with van der Waals surface area (Å²) in [7, 11) is 1.79. The number of hydrogen-bond donors (Lipinski definition) is 1. The van der Waals surface area contributed by atoms with E-state index in [1.165, 1.54) is 51.4 Å². The van der Waals surface area contributed by atoms with Gasteiger partial charge in [0.1, 0.15) is 0 Å². The Bertz CT molecular complexity index is 213. The highest BCUT2D eigenvalue weighted by Crippen LogP contribution is 2.41. The summed E-state index contributed by atoms with van der Waals surface area (Å²) in [5.74, 6) is 0. The largest absolute Gasteiger partial charge is 0.397 e. The molecule has 1 aliphatic rings. The van der Waals surface area contributed by atoms with Crippen LogP contribution >= 0.6 is 0 Å². The van der Waals surface area contributed by atoms with Crippen LogP contribution in [0.3, 0.4) is 0 Å². The molecule has 1 aliphatic carbocycles. The Balaban J connectivity index is 2.22. The Kier molecular flexibility index (Phi) is 8.95. The lowest BCUT2D eigenvalue weighted by atomic mass is 10.1. The molecule has 0 aromatic heterocycles. The third-order valence-electron chi connectivity index (χ3n) is 4.60. The van der Waals surface area contributed by atoms with E-state index in [-0.39, 0.29) is 0 Å². The lowest BCUT2D eigenvalue weighted by Crippen LogP contribution is -2.44. The van der Waals surface area contributed by atoms with Gasteiger partial charge >= 0.3 is 8.56 Å². The molecule has 1 fully saturated rings. The predicted molar refractivity (Wildman–Crippen MR) is 81.6 cm³/mol. The molecule has 1 N–H and O–H groups in total. The van der Waals surface area contributed by atoms with E-state index in [0.717, 1.165) is 24.4 Å². The maximum absolute atomic E-state index is 8.73. The first kappa shape index (κ1) is 17.1. The Morgan fingerprint density at radius 3 is 1.95 bits per heavy atom. The van der Waals surface area contributed by atoms with Crippen LogP contribution in [0, 0.1) is 0 Å². The summed E-state index contributed by atoms with van der Waals surface area (Å²) in [6.07, 6.45) is 12.5. The Labute approximate surface area is 119 Å². The van der Waals surface area contributed by atoms with E-state index in [0.29, 0.717) is 6.61 Å². The molecule has 3 nitrogen and oxygen atoms in total. The fourth-order valence-electron chi connectivity index (χ4n) is 3.38. The van der Waals surface area contributed by atoms with Gasteiger partial charge in [0.25, 0.3) is 0 Å². The molecular formula is C15H32O3Si. The SMILES string of the molecule is CO[Si](CCCCCCCCO)(OC)C1CCCC1. The van der Waals surface area contributed by atoms with Crippen LogP contribution in [-0.4, -0.2) is 34.5 Å². The molecule has 0 heterocycles. The van der Waals surface area contributed by atoms with Crippen molar-refractivity contribution in [3.8, 4) is 0 Å². The molecule has 0 amide bonds. The Morgan fingerprint density at radius 1 is 0.895 bits per heavy atom. The number of aliphatic hydroxyl groups is 1. The minimum Gasteiger partial charge on any atom is -0.397 e. The quantitative estimate of drug-likeness (QED) is 0.461. The van der Waals surface area contributed by atoms with Crippen LogP contribution in [-0.2, 0) is 8.85 Å². The number of aliphatic hydroxyl groups excluding tert-OH is 1. The highest BCUT2D eigenvalue weighted by Gasteiger charge is 2.44. The van der Waals surface area contributed by atoms with Gasteiger partial charge in [-0.05, 0) is 25.3 Å². The monoisotopic (exact) mass is 288 g/mol. The molecule has 1 rings (SSSR count). The van der Waals surface area contributed by atoms with E-state index in [1.54, 1.807) is 0 Å². The van der Waals surface area contributed by atoms with E-state index >= 15 is 0 Å². The summed E-state index contributed by atoms with van der Waals surface area (Å²) in [6, 6.07) is 1.16. The standard InChI is InChI=1S/C15H32O3Si/c1-17-19(18-2,15-11-7-8-12-15)14-10-6-4-3-5-9-13-16/h15-16H,3-14H2,1-2H3. The normalized spacial score (nSPS) is 17.2. The van der Waals surface area contributed by atoms with Crippen LogP contribution in [0.4, 0.5) is 0 Å². The number of rotatable bonds is 11. The van der Waals surface area contributed by atoms with E-state index in [1.807, 2.05) is 14.2 Å². The van der Waals surface area contributed by atoms with Gasteiger partial charge in [-0.2, -0.15) is 0 Å². The molecular weight excluding hydrogens is 256 g/mol. The van der Waals surface area contributed by atoms with Crippen molar-refractivity contribution >= 4 is 8.56 Å². The Hall–Kier alpha value is 0.0969. The van der Waals surface area contributed by atoms with Gasteiger partial charge < -0.3 is 14.0 Å². The molecule has 114 valence electrons. The molecule has 0 unspecified atom stereocenters. The summed E-state index contributed by atoms with van der Waals surface area (Å²) < 4.78 is 11.8. The molecule has 0 spiro atoms. The molecule has 0 aliphatic heterocycles. The van der Waals surface area contributed by atoms with Gasteiger partial charge in [0.2, 0.25) is 0 Å². The first-order valence-corrected chi connectivity index (χ1v) is 10.1. The zero-order valence-electron chi connectivity index (χ0n) is 12.8. The molecule has 0 atom stereocenters. The van der Waals surface area contributed by atoms with Crippen molar-refractivity contribution in [2.24, 2.45) is 0 Å². The predicted octanol–water partition coefficient (Wildman–Crippen LogP) is 4.00. The number of unbranched alkanes of at least 4 members (excludes halogenated alkanes) is 5. The molecule has 19 heavy (non-hydrogen) atoms. The second-order valence-electron chi connectivity index (χ2n) is 5.80. The van der Waals surface area contributed by atoms with Gasteiger partial charge in [-0.3, -0.25) is 0 Å². The summed E-state index contributed by atoms with van der Waals surface area (Å²) in [5, 5.41) is 8.73. The van der Waals surface area contributed by atoms with Crippen molar-refractivity contribution in [2.75, 3.05) is 20.8 Å². The fourth-order valence-corrected chi connectivity index (χ4v) is 7.06. The fraction of sp³-hybridized carbons (Fsp3) is 1.00. The second-order valence-corrected chi connectivity index (χ2v) is 9.55. The van der Waals surface area contributed by atoms with E-state index < -0.39 is 8.56 Å². The van der Waals surface area contributed by atoms with Gasteiger partial charge in [-0.1, -0.05) is 44.9 Å². The van der Waals surface area contributed by atoms with Crippen LogP contribution in [0.15, 0.2) is 0 Å². The van der Waals surface area contributed by atoms with Crippen LogP contribution < -0.4 is 0 Å². The highest BCUT2D eigenvalue weighted by molar-refractivity contribution is 6.69. The molecule has 0 saturated heterocycles. The highest BCUT2D eigenvalue weighted by atomic mass is 28.4. The maximum atomic E-state index is 8.73. The smallest absolute Gasteiger partial charge is 0.340 e. The molecule has 0 aromatic rings. The average molecular weight is 289 g/mol. The van der Waals surface area contributed by atoms with Gasteiger partial charge in [-0.15, -0.1) is 0 Å². The topological polar surface area (TPSA) is 38.7 Å². The van der Waals surface area contributed by atoms with Crippen molar-refractivity contribution in [1.82, 2.24) is 0 Å². The van der Waals surface area contributed by atoms with Crippen LogP contribution in [0.5, 0.6) is 0 Å². The summed E-state index contributed by atoms with van der Waals surface area (Å²) in [4.78, 5) is 0. The van der Waals surface area contributed by atoms with Crippen molar-refractivity contribution in [3.05, 3.63) is 0 Å². The lowest BCUT2D eigenvalue weighted by Gasteiger charge is -2.33. The van der Waals surface area contributed by atoms with Crippen LogP contribution in [0.2, 0.25) is 11.6 Å². The van der Waals surface area contributed by atoms with E-state index in [2.05, 4.69) is 0 Å². The minimum atomic E-state index is -1.93. The zero-order chi connectivity index (χ0) is 14.0. The minimum absolute atomic E-state index is 0.338. The van der Waals surface area contributed by atoms with Crippen LogP contribution in [0.25, 0.3) is 0 Å².